The van der Waals surface area contributed by atoms with E-state index < -0.39 is 0 Å². The maximum atomic E-state index is 4.97. The molecule has 0 aromatic heterocycles. The van der Waals surface area contributed by atoms with Crippen molar-refractivity contribution >= 4 is 0 Å². The highest BCUT2D eigenvalue weighted by molar-refractivity contribution is 5.25. The highest BCUT2D eigenvalue weighted by Gasteiger charge is 1.85. The molecule has 2 rings (SSSR count). The van der Waals surface area contributed by atoms with E-state index >= 15 is 0 Å². The molecule has 0 saturated heterocycles. The Morgan fingerprint density at radius 3 is 1.35 bits per heavy atom. The number of rotatable bonds is 1. The van der Waals surface area contributed by atoms with Crippen LogP contribution in [-0.4, -0.2) is 7.11 Å². The highest BCUT2D eigenvalue weighted by Crippen LogP contribution is 2.09. The molecule has 0 saturated carbocycles. The topological polar surface area (TPSA) is 9.23 Å². The van der Waals surface area contributed by atoms with Crippen molar-refractivity contribution < 1.29 is 4.74 Å². The quantitative estimate of drug-likeness (QED) is 0.689. The van der Waals surface area contributed by atoms with Gasteiger partial charge in [0.2, 0.25) is 0 Å². The van der Waals surface area contributed by atoms with Crippen molar-refractivity contribution in [2.75, 3.05) is 7.11 Å². The van der Waals surface area contributed by atoms with Crippen LogP contribution in [0.3, 0.4) is 0 Å². The average Bonchev–Trinajstić information content (AvgIpc) is 2.44. The summed E-state index contributed by atoms with van der Waals surface area (Å²) in [5.74, 6) is 0.917. The van der Waals surface area contributed by atoms with Crippen LogP contribution in [0.2, 0.25) is 0 Å². The predicted octanol–water partition coefficient (Wildman–Crippen LogP) is 4.72. The van der Waals surface area contributed by atoms with Crippen LogP contribution >= 0.6 is 0 Å². The van der Waals surface area contributed by atoms with Crippen molar-refractivity contribution in [3.63, 3.8) is 0 Å². The van der Waals surface area contributed by atoms with Gasteiger partial charge in [-0.3, -0.25) is 0 Å². The smallest absolute Gasteiger partial charge is 0.118 e. The Morgan fingerprint density at radius 2 is 1.06 bits per heavy atom. The van der Waals surface area contributed by atoms with Gasteiger partial charge in [-0.15, -0.1) is 0 Å². The Morgan fingerprint density at radius 1 is 0.706 bits per heavy atom. The summed E-state index contributed by atoms with van der Waals surface area (Å²) in [4.78, 5) is 0. The summed E-state index contributed by atoms with van der Waals surface area (Å²) in [7, 11) is 1.67. The van der Waals surface area contributed by atoms with E-state index in [0.29, 0.717) is 0 Å². The van der Waals surface area contributed by atoms with E-state index in [4.69, 9.17) is 4.74 Å². The number of ether oxygens (including phenoxy) is 1. The Labute approximate surface area is 105 Å². The molecule has 0 radical (unpaired) electrons. The summed E-state index contributed by atoms with van der Waals surface area (Å²) in [6.45, 7) is 6.06. The molecule has 0 bridgehead atoms. The van der Waals surface area contributed by atoms with Gasteiger partial charge in [0.15, 0.2) is 0 Å². The Balaban J connectivity index is 0.000000278. The van der Waals surface area contributed by atoms with Crippen LogP contribution in [0.25, 0.3) is 0 Å². The van der Waals surface area contributed by atoms with Gasteiger partial charge in [0.1, 0.15) is 5.75 Å². The van der Waals surface area contributed by atoms with Crippen LogP contribution in [0.1, 0.15) is 19.4 Å². The fraction of sp³-hybridized carbons (Fsp3) is 0.250. The largest absolute Gasteiger partial charge is 0.497 e. The van der Waals surface area contributed by atoms with Crippen molar-refractivity contribution in [2.45, 2.75) is 20.8 Å². The number of hydrogen-bond acceptors (Lipinski definition) is 1. The first-order chi connectivity index (χ1) is 8.33. The molecular formula is C16H22O. The summed E-state index contributed by atoms with van der Waals surface area (Å²) < 4.78 is 4.97. The number of hydrogen-bond donors (Lipinski definition) is 0. The molecule has 0 aliphatic rings. The Hall–Kier alpha value is -1.76. The van der Waals surface area contributed by atoms with Crippen molar-refractivity contribution in [1.29, 1.82) is 0 Å². The standard InChI is InChI=1S/C8H10O.C6H6.C2H6/c1-7-3-5-8(9-2)6-4-7;1-2-4-6-5-3-1;1-2/h3-6H,1-2H3;1-6H;1-2H3. The molecule has 0 aliphatic carbocycles. The fourth-order valence-electron chi connectivity index (χ4n) is 1.06. The van der Waals surface area contributed by atoms with Gasteiger partial charge in [0.25, 0.3) is 0 Å². The van der Waals surface area contributed by atoms with Gasteiger partial charge in [-0.1, -0.05) is 67.9 Å². The SMILES string of the molecule is CC.COc1ccc(C)cc1.c1ccccc1. The maximum Gasteiger partial charge on any atom is 0.118 e. The van der Waals surface area contributed by atoms with Crippen LogP contribution < -0.4 is 4.74 Å². The molecule has 0 N–H and O–H groups in total. The first-order valence-electron chi connectivity index (χ1n) is 5.93. The molecule has 17 heavy (non-hydrogen) atoms. The molecule has 0 heterocycles. The van der Waals surface area contributed by atoms with Crippen molar-refractivity contribution in [1.82, 2.24) is 0 Å². The lowest BCUT2D eigenvalue weighted by Crippen LogP contribution is -1.80. The minimum Gasteiger partial charge on any atom is -0.497 e. The molecule has 1 heteroatoms. The second-order valence-corrected chi connectivity index (χ2v) is 3.17. The summed E-state index contributed by atoms with van der Waals surface area (Å²) >= 11 is 0. The zero-order chi connectivity index (χ0) is 12.9. The Kier molecular flexibility index (Phi) is 9.64. The van der Waals surface area contributed by atoms with Crippen LogP contribution in [0.4, 0.5) is 0 Å². The molecule has 2 aromatic rings. The summed E-state index contributed by atoms with van der Waals surface area (Å²) in [6, 6.07) is 20.0. The fourth-order valence-corrected chi connectivity index (χ4v) is 1.06. The van der Waals surface area contributed by atoms with E-state index in [9.17, 15) is 0 Å². The zero-order valence-electron chi connectivity index (χ0n) is 11.2. The van der Waals surface area contributed by atoms with Gasteiger partial charge in [-0.05, 0) is 19.1 Å². The third kappa shape index (κ3) is 8.09. The van der Waals surface area contributed by atoms with E-state index in [2.05, 4.69) is 6.92 Å². The van der Waals surface area contributed by atoms with Crippen LogP contribution in [0, 0.1) is 6.92 Å². The number of benzene rings is 2. The third-order valence-electron chi connectivity index (χ3n) is 1.92. The Bertz CT molecular complexity index is 324. The molecule has 1 nitrogen and oxygen atoms in total. The molecule has 2 aromatic carbocycles. The molecule has 92 valence electrons. The molecule has 0 unspecified atom stereocenters. The van der Waals surface area contributed by atoms with Gasteiger partial charge in [-0.2, -0.15) is 0 Å². The van der Waals surface area contributed by atoms with Crippen LogP contribution in [0.15, 0.2) is 60.7 Å². The summed E-state index contributed by atoms with van der Waals surface area (Å²) in [6.07, 6.45) is 0. The van der Waals surface area contributed by atoms with Crippen LogP contribution in [-0.2, 0) is 0 Å². The van der Waals surface area contributed by atoms with Crippen LogP contribution in [0.5, 0.6) is 5.75 Å². The first-order valence-corrected chi connectivity index (χ1v) is 5.93. The summed E-state index contributed by atoms with van der Waals surface area (Å²) in [5, 5.41) is 0. The minimum atomic E-state index is 0.917. The van der Waals surface area contributed by atoms with Gasteiger partial charge < -0.3 is 4.74 Å². The predicted molar refractivity (Wildman–Crippen MR) is 75.5 cm³/mol. The van der Waals surface area contributed by atoms with Gasteiger partial charge >= 0.3 is 0 Å². The van der Waals surface area contributed by atoms with E-state index in [1.807, 2.05) is 74.5 Å². The van der Waals surface area contributed by atoms with E-state index in [-0.39, 0.29) is 0 Å². The van der Waals surface area contributed by atoms with E-state index in [0.717, 1.165) is 5.75 Å². The number of methoxy groups -OCH3 is 1. The highest BCUT2D eigenvalue weighted by atomic mass is 16.5. The molecular weight excluding hydrogens is 208 g/mol. The lowest BCUT2D eigenvalue weighted by Gasteiger charge is -1.97. The van der Waals surface area contributed by atoms with Gasteiger partial charge in [-0.25, -0.2) is 0 Å². The van der Waals surface area contributed by atoms with Crippen molar-refractivity contribution in [3.05, 3.63) is 66.2 Å². The van der Waals surface area contributed by atoms with Crippen molar-refractivity contribution in [3.8, 4) is 5.75 Å². The first kappa shape index (κ1) is 15.2. The molecule has 0 amide bonds. The van der Waals surface area contributed by atoms with E-state index in [1.54, 1.807) is 7.11 Å². The molecule has 0 atom stereocenters. The van der Waals surface area contributed by atoms with Crippen molar-refractivity contribution in [2.24, 2.45) is 0 Å². The monoisotopic (exact) mass is 230 g/mol. The zero-order valence-corrected chi connectivity index (χ0v) is 11.2. The number of aryl methyl sites for hydroxylation is 1. The third-order valence-corrected chi connectivity index (χ3v) is 1.92. The van der Waals surface area contributed by atoms with Gasteiger partial charge in [0.05, 0.1) is 7.11 Å². The molecule has 0 fully saturated rings. The second kappa shape index (κ2) is 10.7. The second-order valence-electron chi connectivity index (χ2n) is 3.17. The lowest BCUT2D eigenvalue weighted by molar-refractivity contribution is 0.414. The summed E-state index contributed by atoms with van der Waals surface area (Å²) in [5.41, 5.74) is 1.26. The average molecular weight is 230 g/mol. The maximum absolute atomic E-state index is 4.97. The van der Waals surface area contributed by atoms with E-state index in [1.165, 1.54) is 5.56 Å². The minimum absolute atomic E-state index is 0.917. The molecule has 0 spiro atoms. The van der Waals surface area contributed by atoms with Gasteiger partial charge in [0, 0.05) is 0 Å². The normalized spacial score (nSPS) is 8.00. The lowest BCUT2D eigenvalue weighted by atomic mass is 10.2. The molecule has 0 aliphatic heterocycles.